The van der Waals surface area contributed by atoms with Crippen molar-refractivity contribution in [1.29, 1.82) is 0 Å². The number of likely N-dealkylation sites (tertiary alicyclic amines) is 1. The molecule has 0 bridgehead atoms. The number of allylic oxidation sites excluding steroid dienone is 2. The van der Waals surface area contributed by atoms with E-state index in [9.17, 15) is 13.6 Å². The van der Waals surface area contributed by atoms with Gasteiger partial charge in [0.05, 0.1) is 12.1 Å². The third-order valence-corrected chi connectivity index (χ3v) is 5.27. The third-order valence-electron chi connectivity index (χ3n) is 5.27. The maximum absolute atomic E-state index is 13.6. The number of halogens is 2. The Morgan fingerprint density at radius 1 is 1.38 bits per heavy atom. The molecule has 2 heterocycles. The predicted molar refractivity (Wildman–Crippen MR) is 109 cm³/mol. The minimum atomic E-state index is -3.37. The summed E-state index contributed by atoms with van der Waals surface area (Å²) in [5.74, 6) is -3.79. The topological polar surface area (TPSA) is 93.5 Å². The summed E-state index contributed by atoms with van der Waals surface area (Å²) in [6.45, 7) is 5.55. The molecule has 10 heteroatoms. The summed E-state index contributed by atoms with van der Waals surface area (Å²) in [6, 6.07) is -0.0416. The van der Waals surface area contributed by atoms with Crippen LogP contribution in [-0.4, -0.2) is 74.6 Å². The first-order valence-corrected chi connectivity index (χ1v) is 9.63. The zero-order valence-electron chi connectivity index (χ0n) is 16.7. The molecule has 8 nitrogen and oxygen atoms in total. The smallest absolute Gasteiger partial charge is 0.328 e. The van der Waals surface area contributed by atoms with Gasteiger partial charge in [0.2, 0.25) is 5.96 Å². The van der Waals surface area contributed by atoms with Crippen molar-refractivity contribution >= 4 is 24.5 Å². The summed E-state index contributed by atoms with van der Waals surface area (Å²) in [5, 5.41) is 8.55. The normalized spacial score (nSPS) is 26.1. The Labute approximate surface area is 168 Å². The number of carbonyl (C=O) groups excluding carboxylic acids is 1. The van der Waals surface area contributed by atoms with Gasteiger partial charge in [-0.1, -0.05) is 12.2 Å². The van der Waals surface area contributed by atoms with Crippen LogP contribution in [0.5, 0.6) is 0 Å². The Balaban J connectivity index is 1.59. The third kappa shape index (κ3) is 5.26. The predicted octanol–water partition coefficient (Wildman–Crippen LogP) is 1.04. The van der Waals surface area contributed by atoms with E-state index in [-0.39, 0.29) is 12.1 Å². The highest BCUT2D eigenvalue weighted by atomic mass is 19.3. The van der Waals surface area contributed by atoms with Crippen molar-refractivity contribution in [3.63, 3.8) is 0 Å². The first kappa shape index (κ1) is 21.1. The van der Waals surface area contributed by atoms with E-state index >= 15 is 0 Å². The van der Waals surface area contributed by atoms with Gasteiger partial charge in [0.15, 0.2) is 5.96 Å². The van der Waals surface area contributed by atoms with Gasteiger partial charge in [-0.05, 0) is 45.3 Å². The summed E-state index contributed by atoms with van der Waals surface area (Å²) in [5.41, 5.74) is 0.964. The molecule has 3 rings (SSSR count). The largest absolute Gasteiger partial charge is 0.349 e. The molecule has 2 aliphatic heterocycles. The fraction of sp³-hybridized carbons (Fsp3) is 0.579. The van der Waals surface area contributed by atoms with Crippen molar-refractivity contribution in [2.75, 3.05) is 27.2 Å². The molecule has 0 aromatic heterocycles. The van der Waals surface area contributed by atoms with Crippen molar-refractivity contribution in [3.05, 3.63) is 23.4 Å². The molecule has 0 aromatic rings. The van der Waals surface area contributed by atoms with Gasteiger partial charge in [-0.3, -0.25) is 15.1 Å². The molecule has 0 radical (unpaired) electrons. The van der Waals surface area contributed by atoms with Crippen LogP contribution in [0.3, 0.4) is 0 Å². The number of guanidine groups is 2. The van der Waals surface area contributed by atoms with Crippen molar-refractivity contribution in [2.24, 2.45) is 15.0 Å². The zero-order chi connectivity index (χ0) is 21.0. The van der Waals surface area contributed by atoms with E-state index in [1.165, 1.54) is 0 Å². The quantitative estimate of drug-likeness (QED) is 0.471. The highest BCUT2D eigenvalue weighted by molar-refractivity contribution is 6.00. The molecule has 0 saturated carbocycles. The fourth-order valence-corrected chi connectivity index (χ4v) is 3.54. The summed E-state index contributed by atoms with van der Waals surface area (Å²) >= 11 is 0. The number of hydrogen-bond donors (Lipinski definition) is 3. The number of aliphatic imine (C=N–C) groups is 3. The number of carbonyl (C=O) groups is 1. The Hall–Kier alpha value is -2.62. The lowest BCUT2D eigenvalue weighted by atomic mass is 9.91. The van der Waals surface area contributed by atoms with Gasteiger partial charge in [-0.2, -0.15) is 8.78 Å². The molecule has 3 N–H and O–H groups in total. The van der Waals surface area contributed by atoms with Crippen LogP contribution in [0.15, 0.2) is 38.4 Å². The van der Waals surface area contributed by atoms with Crippen molar-refractivity contribution in [3.8, 4) is 0 Å². The van der Waals surface area contributed by atoms with Crippen molar-refractivity contribution in [1.82, 2.24) is 20.9 Å². The van der Waals surface area contributed by atoms with Crippen LogP contribution in [0.4, 0.5) is 8.78 Å². The fourth-order valence-electron chi connectivity index (χ4n) is 3.54. The molecule has 1 saturated heterocycles. The molecule has 29 heavy (non-hydrogen) atoms. The number of alkyl halides is 2. The first-order chi connectivity index (χ1) is 13.8. The summed E-state index contributed by atoms with van der Waals surface area (Å²) in [7, 11) is 3.71. The number of hydrogen-bond acceptors (Lipinski definition) is 4. The van der Waals surface area contributed by atoms with E-state index in [4.69, 9.17) is 0 Å². The Morgan fingerprint density at radius 3 is 2.76 bits per heavy atom. The Bertz CT molecular complexity index is 779. The molecule has 0 spiro atoms. The van der Waals surface area contributed by atoms with Gasteiger partial charge in [0.25, 0.3) is 5.91 Å². The minimum absolute atomic E-state index is 0.179. The molecule has 1 fully saturated rings. The highest BCUT2D eigenvalue weighted by Crippen LogP contribution is 2.33. The summed E-state index contributed by atoms with van der Waals surface area (Å²) in [4.78, 5) is 26.6. The highest BCUT2D eigenvalue weighted by Gasteiger charge is 2.44. The average molecular weight is 407 g/mol. The SMILES string of the molecule is C=NC(=NC1CCN(C)CC1)NC(=NC)NC1C=CC2=C(C1)NC(=O)C(F)(F)C2. The molecule has 0 aromatic carbocycles. The summed E-state index contributed by atoms with van der Waals surface area (Å²) in [6.07, 6.45) is 5.12. The van der Waals surface area contributed by atoms with E-state index in [1.807, 2.05) is 0 Å². The molecule has 1 unspecified atom stereocenters. The van der Waals surface area contributed by atoms with E-state index in [0.29, 0.717) is 29.6 Å². The Kier molecular flexibility index (Phi) is 6.41. The molecular weight excluding hydrogens is 380 g/mol. The van der Waals surface area contributed by atoms with Gasteiger partial charge >= 0.3 is 5.92 Å². The van der Waals surface area contributed by atoms with E-state index < -0.39 is 18.3 Å². The van der Waals surface area contributed by atoms with E-state index in [2.05, 4.69) is 49.6 Å². The van der Waals surface area contributed by atoms with Crippen LogP contribution in [-0.2, 0) is 4.79 Å². The van der Waals surface area contributed by atoms with E-state index in [0.717, 1.165) is 25.9 Å². The monoisotopic (exact) mass is 407 g/mol. The second kappa shape index (κ2) is 8.81. The average Bonchev–Trinajstić information content (AvgIpc) is 2.69. The number of amides is 1. The standard InChI is InChI=1S/C19H27F2N7O/c1-22-17(24-13-6-8-28(3)9-7-13)27-18(23-2)25-14-5-4-12-11-19(20,21)16(29)26-15(12)10-14/h4-5,13-14H,1,6-11H2,2-3H3,(H,26,29)(H2,23,24,25,27). The molecular formula is C19H27F2N7O. The molecule has 1 aliphatic carbocycles. The number of rotatable bonds is 2. The lowest BCUT2D eigenvalue weighted by molar-refractivity contribution is -0.145. The molecule has 1 amide bonds. The zero-order valence-corrected chi connectivity index (χ0v) is 16.7. The van der Waals surface area contributed by atoms with Crippen LogP contribution in [0, 0.1) is 0 Å². The van der Waals surface area contributed by atoms with Crippen molar-refractivity contribution < 1.29 is 13.6 Å². The lowest BCUT2D eigenvalue weighted by Crippen LogP contribution is -2.49. The van der Waals surface area contributed by atoms with Crippen LogP contribution in [0.1, 0.15) is 25.7 Å². The van der Waals surface area contributed by atoms with Crippen LogP contribution in [0.25, 0.3) is 0 Å². The number of nitrogens with one attached hydrogen (secondary N) is 3. The first-order valence-electron chi connectivity index (χ1n) is 9.63. The van der Waals surface area contributed by atoms with Gasteiger partial charge in [0, 0.05) is 25.6 Å². The van der Waals surface area contributed by atoms with Gasteiger partial charge < -0.3 is 15.5 Å². The minimum Gasteiger partial charge on any atom is -0.349 e. The second-order valence-corrected chi connectivity index (χ2v) is 7.50. The van der Waals surface area contributed by atoms with Crippen LogP contribution < -0.4 is 16.0 Å². The maximum Gasteiger partial charge on any atom is 0.328 e. The maximum atomic E-state index is 13.6. The lowest BCUT2D eigenvalue weighted by Gasteiger charge is -2.31. The van der Waals surface area contributed by atoms with Crippen LogP contribution in [0.2, 0.25) is 0 Å². The van der Waals surface area contributed by atoms with Gasteiger partial charge in [-0.15, -0.1) is 0 Å². The number of piperidine rings is 1. The van der Waals surface area contributed by atoms with Crippen LogP contribution >= 0.6 is 0 Å². The Morgan fingerprint density at radius 2 is 2.10 bits per heavy atom. The van der Waals surface area contributed by atoms with Gasteiger partial charge in [0.1, 0.15) is 0 Å². The number of nitrogens with zero attached hydrogens (tertiary/aromatic N) is 4. The summed E-state index contributed by atoms with van der Waals surface area (Å²) < 4.78 is 27.1. The van der Waals surface area contributed by atoms with Gasteiger partial charge in [-0.25, -0.2) is 9.98 Å². The second-order valence-electron chi connectivity index (χ2n) is 7.50. The molecule has 3 aliphatic rings. The van der Waals surface area contributed by atoms with Crippen molar-refractivity contribution in [2.45, 2.75) is 43.7 Å². The van der Waals surface area contributed by atoms with E-state index in [1.54, 1.807) is 19.2 Å². The molecule has 1 atom stereocenters. The molecule has 158 valence electrons.